The van der Waals surface area contributed by atoms with E-state index in [0.29, 0.717) is 11.5 Å². The summed E-state index contributed by atoms with van der Waals surface area (Å²) in [5, 5.41) is 2.59. The fourth-order valence-corrected chi connectivity index (χ4v) is 1.76. The zero-order chi connectivity index (χ0) is 15.4. The van der Waals surface area contributed by atoms with Crippen LogP contribution in [0.25, 0.3) is 11.3 Å². The van der Waals surface area contributed by atoms with E-state index in [-0.39, 0.29) is 15.8 Å². The average Bonchev–Trinajstić information content (AvgIpc) is 2.57. The Balaban J connectivity index is 0.00000192. The van der Waals surface area contributed by atoms with E-state index in [2.05, 4.69) is 30.2 Å². The zero-order valence-corrected chi connectivity index (χ0v) is 11.3. The molecule has 3 aromatic heterocycles. The lowest BCUT2D eigenvalue weighted by Crippen LogP contribution is -2.18. The summed E-state index contributed by atoms with van der Waals surface area (Å²) in [4.78, 5) is 32.2. The van der Waals surface area contributed by atoms with Gasteiger partial charge in [-0.25, -0.2) is 19.9 Å². The van der Waals surface area contributed by atoms with Gasteiger partial charge < -0.3 is 11.1 Å². The molecule has 3 rings (SSSR count). The van der Waals surface area contributed by atoms with Gasteiger partial charge in [-0.2, -0.15) is 0 Å². The molecule has 0 unspecified atom stereocenters. The number of carbonyl (C=O) groups is 1. The van der Waals surface area contributed by atoms with Crippen molar-refractivity contribution in [3.05, 3.63) is 55.0 Å². The molecule has 0 saturated carbocycles. The van der Waals surface area contributed by atoms with Gasteiger partial charge in [0.25, 0.3) is 5.91 Å². The molecule has 1 amide bonds. The minimum atomic E-state index is -0.491. The van der Waals surface area contributed by atoms with E-state index in [1.54, 1.807) is 24.5 Å². The van der Waals surface area contributed by atoms with Gasteiger partial charge in [0, 0.05) is 28.4 Å². The highest BCUT2D eigenvalue weighted by Crippen LogP contribution is 2.17. The van der Waals surface area contributed by atoms with Crippen LogP contribution in [0.4, 0.5) is 11.6 Å². The number of pyridine rings is 1. The Labute approximate surface area is 130 Å². The van der Waals surface area contributed by atoms with E-state index in [0.717, 1.165) is 5.56 Å². The number of aromatic nitrogens is 5. The Bertz CT molecular complexity index is 806. The number of carbonyl (C=O) groups excluding carboxylic acids is 1. The van der Waals surface area contributed by atoms with Crippen molar-refractivity contribution in [1.29, 1.82) is 0 Å². The molecule has 3 heterocycles. The highest BCUT2D eigenvalue weighted by atomic mass is 16.2. The molecular formula is C14H17N7O. The highest BCUT2D eigenvalue weighted by molar-refractivity contribution is 6.05. The zero-order valence-electron chi connectivity index (χ0n) is 11.3. The molecule has 0 saturated heterocycles. The number of amides is 1. The third-order valence-electron chi connectivity index (χ3n) is 2.80. The summed E-state index contributed by atoms with van der Waals surface area (Å²) in [6, 6.07) is 5.15. The third kappa shape index (κ3) is 2.85. The molecule has 114 valence electrons. The quantitative estimate of drug-likeness (QED) is 0.757. The lowest BCUT2D eigenvalue weighted by atomic mass is 10.2. The number of rotatable bonds is 3. The van der Waals surface area contributed by atoms with Gasteiger partial charge in [-0.05, 0) is 18.2 Å². The first kappa shape index (κ1) is 13.6. The Kier molecular flexibility index (Phi) is 3.65. The van der Waals surface area contributed by atoms with Gasteiger partial charge in [0.05, 0.1) is 11.9 Å². The Hall–Kier alpha value is -3.42. The van der Waals surface area contributed by atoms with E-state index in [1.807, 2.05) is 6.07 Å². The fraction of sp³-hybridized carbons (Fsp3) is 0. The number of hydrogen-bond acceptors (Lipinski definition) is 7. The van der Waals surface area contributed by atoms with Gasteiger partial charge >= 0.3 is 0 Å². The number of anilines is 2. The molecule has 0 bridgehead atoms. The van der Waals surface area contributed by atoms with Crippen LogP contribution in [0.3, 0.4) is 0 Å². The normalized spacial score (nSPS) is 10.2. The fourth-order valence-electron chi connectivity index (χ4n) is 1.76. The van der Waals surface area contributed by atoms with Crippen LogP contribution in [0.2, 0.25) is 0 Å². The molecule has 3 N–H and O–H groups in total. The van der Waals surface area contributed by atoms with Gasteiger partial charge in [-0.15, -0.1) is 0 Å². The van der Waals surface area contributed by atoms with Crippen LogP contribution in [0.5, 0.6) is 0 Å². The highest BCUT2D eigenvalue weighted by Gasteiger charge is 2.15. The minimum Gasteiger partial charge on any atom is -0.382 e. The molecule has 0 spiro atoms. The maximum atomic E-state index is 12.2. The first-order valence-electron chi connectivity index (χ1n) is 6.34. The summed E-state index contributed by atoms with van der Waals surface area (Å²) in [6.07, 6.45) is 7.62. The second-order valence-corrected chi connectivity index (χ2v) is 4.28. The first-order chi connectivity index (χ1) is 10.7. The molecule has 0 aliphatic carbocycles. The summed E-state index contributed by atoms with van der Waals surface area (Å²) in [5.74, 6) is -0.0957. The molecule has 8 nitrogen and oxygen atoms in total. The molecule has 0 radical (unpaired) electrons. The largest absolute Gasteiger partial charge is 0.382 e. The van der Waals surface area contributed by atoms with Crippen molar-refractivity contribution in [2.75, 3.05) is 11.1 Å². The number of nitrogens with zero attached hydrogens (tertiary/aromatic N) is 5. The van der Waals surface area contributed by atoms with Gasteiger partial charge in [-0.1, -0.05) is 0 Å². The number of hydrogen-bond donors (Lipinski definition) is 2. The molecule has 3 aromatic rings. The van der Waals surface area contributed by atoms with Crippen LogP contribution in [-0.2, 0) is 0 Å². The SMILES string of the molecule is Nc1ncc(-c2cccnc2)nc1C(=O)Nc1ccncn1.[HH].[HH].[HH]. The number of nitrogens with one attached hydrogen (secondary N) is 1. The van der Waals surface area contributed by atoms with E-state index in [1.165, 1.54) is 18.7 Å². The van der Waals surface area contributed by atoms with Crippen LogP contribution < -0.4 is 11.1 Å². The lowest BCUT2D eigenvalue weighted by Gasteiger charge is -2.07. The van der Waals surface area contributed by atoms with Crippen molar-refractivity contribution in [2.24, 2.45) is 0 Å². The molecule has 8 heteroatoms. The van der Waals surface area contributed by atoms with Gasteiger partial charge in [0.1, 0.15) is 12.1 Å². The molecule has 0 fully saturated rings. The van der Waals surface area contributed by atoms with Gasteiger partial charge in [0.15, 0.2) is 11.5 Å². The summed E-state index contributed by atoms with van der Waals surface area (Å²) < 4.78 is 0. The number of nitrogens with two attached hydrogens (primary N) is 1. The topological polar surface area (TPSA) is 120 Å². The van der Waals surface area contributed by atoms with Crippen molar-refractivity contribution in [1.82, 2.24) is 24.9 Å². The monoisotopic (exact) mass is 299 g/mol. The molecule has 0 aliphatic heterocycles. The molecule has 0 aromatic carbocycles. The van der Waals surface area contributed by atoms with Crippen LogP contribution >= 0.6 is 0 Å². The minimum absolute atomic E-state index is 0. The van der Waals surface area contributed by atoms with Gasteiger partial charge in [-0.3, -0.25) is 9.78 Å². The smallest absolute Gasteiger partial charge is 0.279 e. The molecule has 0 atom stereocenters. The van der Waals surface area contributed by atoms with Crippen molar-refractivity contribution < 1.29 is 9.07 Å². The Morgan fingerprint density at radius 1 is 1.14 bits per heavy atom. The van der Waals surface area contributed by atoms with Crippen LogP contribution in [0, 0.1) is 0 Å². The predicted octanol–water partition coefficient (Wildman–Crippen LogP) is 1.90. The second-order valence-electron chi connectivity index (χ2n) is 4.28. The summed E-state index contributed by atoms with van der Waals surface area (Å²) in [5.41, 5.74) is 7.02. The van der Waals surface area contributed by atoms with Crippen LogP contribution in [0.1, 0.15) is 14.8 Å². The van der Waals surface area contributed by atoms with Crippen LogP contribution in [0.15, 0.2) is 49.3 Å². The van der Waals surface area contributed by atoms with Crippen LogP contribution in [-0.4, -0.2) is 30.8 Å². The first-order valence-corrected chi connectivity index (χ1v) is 6.34. The second kappa shape index (κ2) is 5.92. The van der Waals surface area contributed by atoms with Gasteiger partial charge in [0.2, 0.25) is 0 Å². The van der Waals surface area contributed by atoms with Crippen molar-refractivity contribution in [2.45, 2.75) is 0 Å². The third-order valence-corrected chi connectivity index (χ3v) is 2.80. The predicted molar refractivity (Wildman–Crippen MR) is 86.0 cm³/mol. The summed E-state index contributed by atoms with van der Waals surface area (Å²) in [7, 11) is 0. The number of nitrogen functional groups attached to an aromatic ring is 1. The molecule has 22 heavy (non-hydrogen) atoms. The molecular weight excluding hydrogens is 282 g/mol. The van der Waals surface area contributed by atoms with E-state index in [9.17, 15) is 4.79 Å². The summed E-state index contributed by atoms with van der Waals surface area (Å²) >= 11 is 0. The Morgan fingerprint density at radius 2 is 2.05 bits per heavy atom. The van der Waals surface area contributed by atoms with Crippen molar-refractivity contribution in [3.63, 3.8) is 0 Å². The average molecular weight is 299 g/mol. The maximum absolute atomic E-state index is 12.2. The van der Waals surface area contributed by atoms with Crippen molar-refractivity contribution >= 4 is 17.5 Å². The molecule has 0 aliphatic rings. The van der Waals surface area contributed by atoms with E-state index < -0.39 is 5.91 Å². The lowest BCUT2D eigenvalue weighted by molar-refractivity contribution is 0.102. The van der Waals surface area contributed by atoms with Crippen molar-refractivity contribution in [3.8, 4) is 11.3 Å². The van der Waals surface area contributed by atoms with E-state index in [4.69, 9.17) is 5.73 Å². The Morgan fingerprint density at radius 3 is 2.77 bits per heavy atom. The van der Waals surface area contributed by atoms with E-state index >= 15 is 0 Å². The summed E-state index contributed by atoms with van der Waals surface area (Å²) in [6.45, 7) is 0. The standard InChI is InChI=1S/C14H11N7O.3H2/c15-13-12(14(22)21-11-3-5-17-8-19-11)20-10(7-18-13)9-2-1-4-16-6-9;;;/h1-8H,(H2,15,18)(H,17,19,21,22);3*1H. The maximum Gasteiger partial charge on any atom is 0.279 e.